The Morgan fingerprint density at radius 2 is 2.25 bits per heavy atom. The summed E-state index contributed by atoms with van der Waals surface area (Å²) in [6.45, 7) is 0. The molecule has 5 nitrogen and oxygen atoms in total. The molecule has 0 atom stereocenters. The van der Waals surface area contributed by atoms with Gasteiger partial charge in [-0.1, -0.05) is 0 Å². The molecule has 2 aromatic heterocycles. The fraction of sp³-hybridized carbons (Fsp3) is 0. The molecule has 0 aliphatic carbocycles. The molecular weight excluding hydrogens is 222 g/mol. The van der Waals surface area contributed by atoms with E-state index in [2.05, 4.69) is 36.4 Å². The lowest BCUT2D eigenvalue weighted by atomic mass is 10.5. The van der Waals surface area contributed by atoms with Crippen molar-refractivity contribution in [3.8, 4) is 5.82 Å². The third-order valence-electron chi connectivity index (χ3n) is 1.30. The van der Waals surface area contributed by atoms with Gasteiger partial charge >= 0.3 is 0 Å². The van der Waals surface area contributed by atoms with E-state index in [1.54, 1.807) is 6.20 Å². The van der Waals surface area contributed by atoms with E-state index in [0.29, 0.717) is 5.82 Å². The Morgan fingerprint density at radius 3 is 2.83 bits per heavy atom. The van der Waals surface area contributed by atoms with Crippen molar-refractivity contribution >= 4 is 15.9 Å². The number of hydrogen-bond acceptors (Lipinski definition) is 4. The summed E-state index contributed by atoms with van der Waals surface area (Å²) >= 11 is 3.29. The second kappa shape index (κ2) is 2.98. The molecule has 0 bridgehead atoms. The van der Waals surface area contributed by atoms with Gasteiger partial charge < -0.3 is 0 Å². The lowest BCUT2D eigenvalue weighted by Crippen LogP contribution is -1.97. The number of tetrazole rings is 1. The van der Waals surface area contributed by atoms with Crippen molar-refractivity contribution in [2.75, 3.05) is 0 Å². The largest absolute Gasteiger partial charge is 0.236 e. The van der Waals surface area contributed by atoms with Crippen LogP contribution in [-0.4, -0.2) is 25.2 Å². The fourth-order valence-corrected chi connectivity index (χ4v) is 1.00. The number of aromatic nitrogens is 5. The van der Waals surface area contributed by atoms with Crippen LogP contribution in [-0.2, 0) is 0 Å². The van der Waals surface area contributed by atoms with Crippen LogP contribution in [0.1, 0.15) is 0 Å². The van der Waals surface area contributed by atoms with Crippen LogP contribution >= 0.6 is 15.9 Å². The number of hydrogen-bond donors (Lipinski definition) is 0. The average molecular weight is 226 g/mol. The molecule has 12 heavy (non-hydrogen) atoms. The summed E-state index contributed by atoms with van der Waals surface area (Å²) in [6.07, 6.45) is 3.19. The summed E-state index contributed by atoms with van der Waals surface area (Å²) in [5.41, 5.74) is 0. The van der Waals surface area contributed by atoms with Crippen LogP contribution in [0.2, 0.25) is 0 Å². The van der Waals surface area contributed by atoms with E-state index in [1.165, 1.54) is 11.0 Å². The van der Waals surface area contributed by atoms with Crippen LogP contribution in [0, 0.1) is 0 Å². The Morgan fingerprint density at radius 1 is 1.33 bits per heavy atom. The minimum absolute atomic E-state index is 0.697. The minimum Gasteiger partial charge on any atom is -0.236 e. The molecule has 60 valence electrons. The molecule has 0 aliphatic rings. The molecule has 0 aromatic carbocycles. The number of halogens is 1. The molecule has 0 N–H and O–H groups in total. The summed E-state index contributed by atoms with van der Waals surface area (Å²) in [6, 6.07) is 3.70. The van der Waals surface area contributed by atoms with Gasteiger partial charge in [0.1, 0.15) is 6.33 Å². The molecule has 2 aromatic rings. The number of nitrogens with zero attached hydrogens (tertiary/aromatic N) is 5. The predicted molar refractivity (Wildman–Crippen MR) is 44.6 cm³/mol. The zero-order chi connectivity index (χ0) is 8.39. The molecule has 0 fully saturated rings. The molecule has 6 heteroatoms. The van der Waals surface area contributed by atoms with Crippen molar-refractivity contribution in [1.82, 2.24) is 25.2 Å². The standard InChI is InChI=1S/C6H4BrN5/c7-5-1-2-6(8-3-5)12-4-9-10-11-12/h1-4H. The van der Waals surface area contributed by atoms with Gasteiger partial charge in [-0.2, -0.15) is 4.68 Å². The van der Waals surface area contributed by atoms with Gasteiger partial charge in [-0.05, 0) is 38.5 Å². The average Bonchev–Trinajstić information content (AvgIpc) is 2.58. The van der Waals surface area contributed by atoms with Gasteiger partial charge in [0.2, 0.25) is 0 Å². The van der Waals surface area contributed by atoms with Gasteiger partial charge in [-0.15, -0.1) is 5.10 Å². The minimum atomic E-state index is 0.697. The van der Waals surface area contributed by atoms with Crippen molar-refractivity contribution in [1.29, 1.82) is 0 Å². The van der Waals surface area contributed by atoms with Crippen LogP contribution in [0.3, 0.4) is 0 Å². The molecule has 0 unspecified atom stereocenters. The van der Waals surface area contributed by atoms with E-state index in [0.717, 1.165) is 4.47 Å². The SMILES string of the molecule is Brc1ccc(-n2cnnn2)nc1. The van der Waals surface area contributed by atoms with Gasteiger partial charge in [-0.3, -0.25) is 0 Å². The molecule has 0 spiro atoms. The Labute approximate surface area is 76.6 Å². The quantitative estimate of drug-likeness (QED) is 0.722. The predicted octanol–water partition coefficient (Wildman–Crippen LogP) is 0.820. The third kappa shape index (κ3) is 1.33. The highest BCUT2D eigenvalue weighted by molar-refractivity contribution is 9.10. The molecular formula is C6H4BrN5. The van der Waals surface area contributed by atoms with Crippen LogP contribution < -0.4 is 0 Å². The van der Waals surface area contributed by atoms with Gasteiger partial charge in [0.15, 0.2) is 5.82 Å². The summed E-state index contributed by atoms with van der Waals surface area (Å²) < 4.78 is 2.42. The number of rotatable bonds is 1. The first-order valence-corrected chi connectivity index (χ1v) is 4.00. The first-order valence-electron chi connectivity index (χ1n) is 3.21. The molecule has 2 rings (SSSR count). The molecule has 0 radical (unpaired) electrons. The van der Waals surface area contributed by atoms with E-state index in [9.17, 15) is 0 Å². The highest BCUT2D eigenvalue weighted by Gasteiger charge is 1.97. The smallest absolute Gasteiger partial charge is 0.157 e. The van der Waals surface area contributed by atoms with Crippen molar-refractivity contribution < 1.29 is 0 Å². The van der Waals surface area contributed by atoms with E-state index >= 15 is 0 Å². The van der Waals surface area contributed by atoms with Gasteiger partial charge in [0, 0.05) is 10.7 Å². The second-order valence-corrected chi connectivity index (χ2v) is 3.00. The van der Waals surface area contributed by atoms with Crippen LogP contribution in [0.4, 0.5) is 0 Å². The third-order valence-corrected chi connectivity index (χ3v) is 1.76. The summed E-state index contributed by atoms with van der Waals surface area (Å²) in [4.78, 5) is 4.09. The topological polar surface area (TPSA) is 56.5 Å². The van der Waals surface area contributed by atoms with Gasteiger partial charge in [0.25, 0.3) is 0 Å². The fourth-order valence-electron chi connectivity index (χ4n) is 0.770. The second-order valence-electron chi connectivity index (χ2n) is 2.09. The Balaban J connectivity index is 2.43. The molecule has 0 saturated carbocycles. The van der Waals surface area contributed by atoms with Crippen molar-refractivity contribution in [2.45, 2.75) is 0 Å². The lowest BCUT2D eigenvalue weighted by molar-refractivity contribution is 0.770. The maximum atomic E-state index is 4.09. The first-order chi connectivity index (χ1) is 5.86. The highest BCUT2D eigenvalue weighted by atomic mass is 79.9. The lowest BCUT2D eigenvalue weighted by Gasteiger charge is -1.95. The van der Waals surface area contributed by atoms with Crippen molar-refractivity contribution in [3.05, 3.63) is 29.1 Å². The summed E-state index contributed by atoms with van der Waals surface area (Å²) in [5, 5.41) is 10.7. The van der Waals surface area contributed by atoms with E-state index in [1.807, 2.05) is 12.1 Å². The Kier molecular flexibility index (Phi) is 1.83. The zero-order valence-electron chi connectivity index (χ0n) is 5.92. The van der Waals surface area contributed by atoms with Gasteiger partial charge in [0.05, 0.1) is 0 Å². The van der Waals surface area contributed by atoms with Crippen LogP contribution in [0.5, 0.6) is 0 Å². The molecule has 0 saturated heterocycles. The van der Waals surface area contributed by atoms with Crippen molar-refractivity contribution in [2.24, 2.45) is 0 Å². The molecule has 0 aliphatic heterocycles. The summed E-state index contributed by atoms with van der Waals surface area (Å²) in [7, 11) is 0. The summed E-state index contributed by atoms with van der Waals surface area (Å²) in [5.74, 6) is 0.697. The highest BCUT2D eigenvalue weighted by Crippen LogP contribution is 2.08. The van der Waals surface area contributed by atoms with E-state index < -0.39 is 0 Å². The maximum Gasteiger partial charge on any atom is 0.157 e. The van der Waals surface area contributed by atoms with Crippen molar-refractivity contribution in [3.63, 3.8) is 0 Å². The molecule has 0 amide bonds. The zero-order valence-corrected chi connectivity index (χ0v) is 7.51. The first kappa shape index (κ1) is 7.35. The number of pyridine rings is 1. The molecule has 2 heterocycles. The van der Waals surface area contributed by atoms with E-state index in [4.69, 9.17) is 0 Å². The maximum absolute atomic E-state index is 4.09. The normalized spacial score (nSPS) is 10.1. The van der Waals surface area contributed by atoms with E-state index in [-0.39, 0.29) is 0 Å². The Hall–Kier alpha value is -1.30. The van der Waals surface area contributed by atoms with Crippen LogP contribution in [0.25, 0.3) is 5.82 Å². The van der Waals surface area contributed by atoms with Crippen LogP contribution in [0.15, 0.2) is 29.1 Å². The van der Waals surface area contributed by atoms with Gasteiger partial charge in [-0.25, -0.2) is 4.98 Å². The Bertz CT molecular complexity index is 354. The monoisotopic (exact) mass is 225 g/mol.